The Labute approximate surface area is 170 Å². The molecule has 154 valence electrons. The van der Waals surface area contributed by atoms with Gasteiger partial charge in [0.05, 0.1) is 12.7 Å². The van der Waals surface area contributed by atoms with E-state index in [2.05, 4.69) is 51.3 Å². The Kier molecular flexibility index (Phi) is 6.22. The molecule has 3 fully saturated rings. The average Bonchev–Trinajstić information content (AvgIpc) is 3.33. The zero-order chi connectivity index (χ0) is 19.4. The van der Waals surface area contributed by atoms with Gasteiger partial charge in [0.15, 0.2) is 5.96 Å². The molecule has 5 heteroatoms. The summed E-state index contributed by atoms with van der Waals surface area (Å²) in [6, 6.07) is 8.97. The molecule has 2 aliphatic heterocycles. The first kappa shape index (κ1) is 19.7. The zero-order valence-corrected chi connectivity index (χ0v) is 17.6. The lowest BCUT2D eigenvalue weighted by molar-refractivity contribution is -0.0212. The fourth-order valence-corrected chi connectivity index (χ4v) is 5.29. The second kappa shape index (κ2) is 8.83. The standard InChI is InChI=1S/C23H36N4O/c1-19-16-26(12-13-28-19)17-21-7-5-6-20(14-21)15-25-22(24-2)27-11-10-23(18-27)8-3-4-9-23/h5-7,14,19H,3-4,8-13,15-18H2,1-2H3,(H,24,25). The van der Waals surface area contributed by atoms with Gasteiger partial charge in [-0.3, -0.25) is 9.89 Å². The van der Waals surface area contributed by atoms with Gasteiger partial charge in [-0.25, -0.2) is 0 Å². The summed E-state index contributed by atoms with van der Waals surface area (Å²) < 4.78 is 5.66. The van der Waals surface area contributed by atoms with Crippen LogP contribution < -0.4 is 5.32 Å². The molecule has 0 radical (unpaired) electrons. The summed E-state index contributed by atoms with van der Waals surface area (Å²) in [5, 5.41) is 3.61. The molecule has 4 rings (SSSR count). The highest BCUT2D eigenvalue weighted by atomic mass is 16.5. The maximum Gasteiger partial charge on any atom is 0.193 e. The number of likely N-dealkylation sites (tertiary alicyclic amines) is 1. The van der Waals surface area contributed by atoms with Crippen LogP contribution in [0.4, 0.5) is 0 Å². The third-order valence-corrected chi connectivity index (χ3v) is 6.79. The van der Waals surface area contributed by atoms with Crippen molar-refractivity contribution < 1.29 is 4.74 Å². The van der Waals surface area contributed by atoms with Crippen molar-refractivity contribution in [3.05, 3.63) is 35.4 Å². The van der Waals surface area contributed by atoms with Crippen molar-refractivity contribution in [2.24, 2.45) is 10.4 Å². The number of rotatable bonds is 4. The highest BCUT2D eigenvalue weighted by Crippen LogP contribution is 2.45. The van der Waals surface area contributed by atoms with E-state index >= 15 is 0 Å². The minimum absolute atomic E-state index is 0.338. The van der Waals surface area contributed by atoms with E-state index in [1.54, 1.807) is 0 Å². The molecule has 1 N–H and O–H groups in total. The molecule has 28 heavy (non-hydrogen) atoms. The number of guanidine groups is 1. The van der Waals surface area contributed by atoms with E-state index in [0.29, 0.717) is 11.5 Å². The van der Waals surface area contributed by atoms with Crippen LogP contribution >= 0.6 is 0 Å². The Hall–Kier alpha value is -1.59. The fraction of sp³-hybridized carbons (Fsp3) is 0.696. The van der Waals surface area contributed by atoms with Gasteiger partial charge in [0.1, 0.15) is 0 Å². The van der Waals surface area contributed by atoms with Gasteiger partial charge < -0.3 is 15.0 Å². The topological polar surface area (TPSA) is 40.1 Å². The first-order chi connectivity index (χ1) is 13.7. The Bertz CT molecular complexity index is 683. The first-order valence-electron chi connectivity index (χ1n) is 11.0. The van der Waals surface area contributed by atoms with Crippen LogP contribution in [0, 0.1) is 5.41 Å². The molecule has 5 nitrogen and oxygen atoms in total. The van der Waals surface area contributed by atoms with Gasteiger partial charge in [0.25, 0.3) is 0 Å². The monoisotopic (exact) mass is 384 g/mol. The third kappa shape index (κ3) is 4.69. The van der Waals surface area contributed by atoms with Crippen LogP contribution in [-0.4, -0.2) is 61.7 Å². The molecule has 3 aliphatic rings. The highest BCUT2D eigenvalue weighted by Gasteiger charge is 2.41. The number of nitrogens with zero attached hydrogens (tertiary/aromatic N) is 3. The van der Waals surface area contributed by atoms with Gasteiger partial charge in [-0.15, -0.1) is 0 Å². The molecule has 1 unspecified atom stereocenters. The van der Waals surface area contributed by atoms with Crippen LogP contribution in [0.1, 0.15) is 50.2 Å². The average molecular weight is 385 g/mol. The van der Waals surface area contributed by atoms with Gasteiger partial charge in [-0.2, -0.15) is 0 Å². The number of benzene rings is 1. The molecule has 1 saturated carbocycles. The van der Waals surface area contributed by atoms with E-state index in [4.69, 9.17) is 4.74 Å². The van der Waals surface area contributed by atoms with Crippen LogP contribution in [0.5, 0.6) is 0 Å². The Morgan fingerprint density at radius 3 is 2.82 bits per heavy atom. The first-order valence-corrected chi connectivity index (χ1v) is 11.0. The van der Waals surface area contributed by atoms with Crippen LogP contribution in [0.15, 0.2) is 29.3 Å². The van der Waals surface area contributed by atoms with Crippen LogP contribution in [0.3, 0.4) is 0 Å². The van der Waals surface area contributed by atoms with Crippen molar-refractivity contribution in [2.45, 2.75) is 58.2 Å². The van der Waals surface area contributed by atoms with E-state index in [0.717, 1.165) is 45.3 Å². The van der Waals surface area contributed by atoms with Crippen molar-refractivity contribution >= 4 is 5.96 Å². The number of aliphatic imine (C=N–C) groups is 1. The quantitative estimate of drug-likeness (QED) is 0.639. The maximum absolute atomic E-state index is 5.66. The largest absolute Gasteiger partial charge is 0.376 e. The summed E-state index contributed by atoms with van der Waals surface area (Å²) in [4.78, 5) is 9.54. The molecule has 1 aromatic carbocycles. The summed E-state index contributed by atoms with van der Waals surface area (Å²) in [5.74, 6) is 1.07. The smallest absolute Gasteiger partial charge is 0.193 e. The van der Waals surface area contributed by atoms with Crippen molar-refractivity contribution in [3.63, 3.8) is 0 Å². The van der Waals surface area contributed by atoms with E-state index in [-0.39, 0.29) is 0 Å². The second-order valence-corrected chi connectivity index (χ2v) is 9.02. The third-order valence-electron chi connectivity index (χ3n) is 6.79. The number of morpholine rings is 1. The van der Waals surface area contributed by atoms with Crippen molar-refractivity contribution in [1.82, 2.24) is 15.1 Å². The van der Waals surface area contributed by atoms with E-state index < -0.39 is 0 Å². The van der Waals surface area contributed by atoms with Crippen molar-refractivity contribution in [2.75, 3.05) is 39.8 Å². The molecule has 0 amide bonds. The maximum atomic E-state index is 5.66. The molecule has 1 atom stereocenters. The molecule has 0 bridgehead atoms. The Balaban J connectivity index is 1.31. The summed E-state index contributed by atoms with van der Waals surface area (Å²) in [5.41, 5.74) is 3.29. The Morgan fingerprint density at radius 1 is 1.21 bits per heavy atom. The molecular formula is C23H36N4O. The van der Waals surface area contributed by atoms with Gasteiger partial charge >= 0.3 is 0 Å². The number of ether oxygens (including phenoxy) is 1. The number of hydrogen-bond donors (Lipinski definition) is 1. The molecular weight excluding hydrogens is 348 g/mol. The molecule has 1 spiro atoms. The summed E-state index contributed by atoms with van der Waals surface area (Å²) in [7, 11) is 1.91. The molecule has 1 aliphatic carbocycles. The number of hydrogen-bond acceptors (Lipinski definition) is 3. The van der Waals surface area contributed by atoms with Gasteiger partial charge in [-0.1, -0.05) is 37.1 Å². The summed E-state index contributed by atoms with van der Waals surface area (Å²) in [6.45, 7) is 9.22. The van der Waals surface area contributed by atoms with E-state index in [9.17, 15) is 0 Å². The van der Waals surface area contributed by atoms with E-state index in [1.165, 1.54) is 49.8 Å². The predicted octanol–water partition coefficient (Wildman–Crippen LogP) is 3.25. The normalized spacial score (nSPS) is 25.6. The van der Waals surface area contributed by atoms with Crippen molar-refractivity contribution in [3.8, 4) is 0 Å². The lowest BCUT2D eigenvalue weighted by atomic mass is 9.86. The molecule has 2 saturated heterocycles. The van der Waals surface area contributed by atoms with Crippen LogP contribution in [0.2, 0.25) is 0 Å². The number of nitrogens with one attached hydrogen (secondary N) is 1. The fourth-order valence-electron chi connectivity index (χ4n) is 5.29. The lowest BCUT2D eigenvalue weighted by Crippen LogP contribution is -2.41. The van der Waals surface area contributed by atoms with Gasteiger partial charge in [-0.05, 0) is 42.7 Å². The van der Waals surface area contributed by atoms with Crippen LogP contribution in [-0.2, 0) is 17.8 Å². The van der Waals surface area contributed by atoms with Crippen molar-refractivity contribution in [1.29, 1.82) is 0 Å². The Morgan fingerprint density at radius 2 is 2.04 bits per heavy atom. The summed E-state index contributed by atoms with van der Waals surface area (Å²) in [6.07, 6.45) is 7.31. The van der Waals surface area contributed by atoms with Gasteiger partial charge in [0.2, 0.25) is 0 Å². The van der Waals surface area contributed by atoms with Crippen LogP contribution in [0.25, 0.3) is 0 Å². The predicted molar refractivity (Wildman–Crippen MR) is 114 cm³/mol. The minimum Gasteiger partial charge on any atom is -0.376 e. The SMILES string of the molecule is CN=C(NCc1cccc(CN2CCOC(C)C2)c1)N1CCC2(CCCC2)C1. The summed E-state index contributed by atoms with van der Waals surface area (Å²) >= 11 is 0. The molecule has 0 aromatic heterocycles. The molecule has 2 heterocycles. The van der Waals surface area contributed by atoms with Gasteiger partial charge in [0, 0.05) is 46.3 Å². The minimum atomic E-state index is 0.338. The van der Waals surface area contributed by atoms with E-state index in [1.807, 2.05) is 7.05 Å². The highest BCUT2D eigenvalue weighted by molar-refractivity contribution is 5.80. The molecule has 1 aromatic rings. The zero-order valence-electron chi connectivity index (χ0n) is 17.6. The second-order valence-electron chi connectivity index (χ2n) is 9.02. The lowest BCUT2D eigenvalue weighted by Gasteiger charge is -2.31.